The zero-order valence-electron chi connectivity index (χ0n) is 33.5. The molecule has 0 bridgehead atoms. The van der Waals surface area contributed by atoms with Crippen LogP contribution in [0.3, 0.4) is 0 Å². The standard InChI is InChI=1S/C48H79NO3/c1-3-5-7-9-11-13-15-17-19-20-21-22-23-24-25-26-27-28-30-32-34-36-38-40-42-44-48(52)49-46(45-50)47(51)43-41-39-37-35-33-31-29-18-16-14-12-10-8-6-4-2/h5,7,11,13,17,19,21-22,24-25,27-28,32-35,41,43,46-47,50-51H,3-4,6,8-10,12,14-16,18,20,23,26,29-31,36-40,42,44-45H2,1-2H3,(H,49,52)/b7-5-,13-11-,19-17-,22-21-,25-24-,28-27-,34-32-,35-33+,43-41+. The van der Waals surface area contributed by atoms with Crippen LogP contribution in [0.4, 0.5) is 0 Å². The first-order valence-corrected chi connectivity index (χ1v) is 21.1. The highest BCUT2D eigenvalue weighted by Gasteiger charge is 2.17. The summed E-state index contributed by atoms with van der Waals surface area (Å²) in [5.41, 5.74) is 0. The lowest BCUT2D eigenvalue weighted by molar-refractivity contribution is -0.123. The molecule has 0 radical (unpaired) electrons. The molecule has 0 saturated heterocycles. The third-order valence-electron chi connectivity index (χ3n) is 8.74. The third kappa shape index (κ3) is 38.3. The van der Waals surface area contributed by atoms with E-state index in [0.29, 0.717) is 6.42 Å². The van der Waals surface area contributed by atoms with Crippen molar-refractivity contribution in [2.75, 3.05) is 6.61 Å². The molecule has 4 nitrogen and oxygen atoms in total. The van der Waals surface area contributed by atoms with Crippen molar-refractivity contribution in [3.63, 3.8) is 0 Å². The first-order valence-electron chi connectivity index (χ1n) is 21.1. The lowest BCUT2D eigenvalue weighted by atomic mass is 10.1. The van der Waals surface area contributed by atoms with Crippen LogP contribution in [0.1, 0.15) is 168 Å². The molecule has 0 heterocycles. The number of allylic oxidation sites excluding steroid dienone is 17. The van der Waals surface area contributed by atoms with Crippen molar-refractivity contribution in [2.45, 2.75) is 180 Å². The Bertz CT molecular complexity index is 1040. The second-order valence-electron chi connectivity index (χ2n) is 13.7. The number of hydrogen-bond acceptors (Lipinski definition) is 3. The van der Waals surface area contributed by atoms with Crippen LogP contribution >= 0.6 is 0 Å². The summed E-state index contributed by atoms with van der Waals surface area (Å²) in [6, 6.07) is -0.664. The normalized spacial score (nSPS) is 14.2. The number of hydrogen-bond donors (Lipinski definition) is 3. The van der Waals surface area contributed by atoms with Gasteiger partial charge in [-0.25, -0.2) is 0 Å². The molecule has 0 saturated carbocycles. The zero-order chi connectivity index (χ0) is 37.8. The Morgan fingerprint density at radius 3 is 1.35 bits per heavy atom. The van der Waals surface area contributed by atoms with E-state index in [1.54, 1.807) is 6.08 Å². The maximum atomic E-state index is 12.4. The van der Waals surface area contributed by atoms with E-state index >= 15 is 0 Å². The Kier molecular flexibility index (Phi) is 40.1. The molecule has 52 heavy (non-hydrogen) atoms. The average Bonchev–Trinajstić information content (AvgIpc) is 3.15. The summed E-state index contributed by atoms with van der Waals surface area (Å²) >= 11 is 0. The highest BCUT2D eigenvalue weighted by molar-refractivity contribution is 5.76. The van der Waals surface area contributed by atoms with Gasteiger partial charge in [-0.2, -0.15) is 0 Å². The van der Waals surface area contributed by atoms with Crippen LogP contribution in [-0.2, 0) is 4.79 Å². The Morgan fingerprint density at radius 2 is 0.865 bits per heavy atom. The molecule has 2 atom stereocenters. The van der Waals surface area contributed by atoms with Gasteiger partial charge in [0.25, 0.3) is 0 Å². The molecular formula is C48H79NO3. The van der Waals surface area contributed by atoms with Crippen LogP contribution in [0, 0.1) is 0 Å². The monoisotopic (exact) mass is 718 g/mol. The zero-order valence-corrected chi connectivity index (χ0v) is 33.5. The second kappa shape index (κ2) is 42.5. The summed E-state index contributed by atoms with van der Waals surface area (Å²) < 4.78 is 0. The smallest absolute Gasteiger partial charge is 0.220 e. The van der Waals surface area contributed by atoms with Gasteiger partial charge < -0.3 is 15.5 Å². The minimum absolute atomic E-state index is 0.112. The summed E-state index contributed by atoms with van der Waals surface area (Å²) in [4.78, 5) is 12.4. The van der Waals surface area contributed by atoms with Crippen molar-refractivity contribution >= 4 is 5.91 Å². The summed E-state index contributed by atoms with van der Waals surface area (Å²) in [7, 11) is 0. The number of carbonyl (C=O) groups is 1. The third-order valence-corrected chi connectivity index (χ3v) is 8.74. The van der Waals surface area contributed by atoms with Crippen molar-refractivity contribution in [3.05, 3.63) is 109 Å². The largest absolute Gasteiger partial charge is 0.394 e. The molecule has 0 spiro atoms. The predicted molar refractivity (Wildman–Crippen MR) is 229 cm³/mol. The Balaban J connectivity index is 3.78. The quantitative estimate of drug-likeness (QED) is 0.0446. The van der Waals surface area contributed by atoms with Crippen LogP contribution in [0.15, 0.2) is 109 Å². The van der Waals surface area contributed by atoms with E-state index in [0.717, 1.165) is 89.9 Å². The van der Waals surface area contributed by atoms with Crippen molar-refractivity contribution in [2.24, 2.45) is 0 Å². The number of amides is 1. The highest BCUT2D eigenvalue weighted by atomic mass is 16.3. The molecule has 1 amide bonds. The van der Waals surface area contributed by atoms with Crippen LogP contribution in [0.25, 0.3) is 0 Å². The average molecular weight is 718 g/mol. The van der Waals surface area contributed by atoms with Crippen LogP contribution < -0.4 is 5.32 Å². The van der Waals surface area contributed by atoms with Gasteiger partial charge in [0.15, 0.2) is 0 Å². The number of unbranched alkanes of at least 4 members (excludes halogenated alkanes) is 13. The van der Waals surface area contributed by atoms with E-state index in [1.807, 2.05) is 6.08 Å². The molecular weight excluding hydrogens is 639 g/mol. The topological polar surface area (TPSA) is 69.6 Å². The summed E-state index contributed by atoms with van der Waals surface area (Å²) in [6.07, 6.45) is 64.7. The van der Waals surface area contributed by atoms with E-state index in [9.17, 15) is 15.0 Å². The number of rotatable bonds is 36. The van der Waals surface area contributed by atoms with Gasteiger partial charge in [0, 0.05) is 6.42 Å². The van der Waals surface area contributed by atoms with Crippen molar-refractivity contribution in [1.29, 1.82) is 0 Å². The van der Waals surface area contributed by atoms with Gasteiger partial charge in [-0.15, -0.1) is 0 Å². The van der Waals surface area contributed by atoms with Crippen LogP contribution in [0.2, 0.25) is 0 Å². The molecule has 4 heteroatoms. The Morgan fingerprint density at radius 1 is 0.481 bits per heavy atom. The summed E-state index contributed by atoms with van der Waals surface area (Å²) in [6.45, 7) is 4.14. The fourth-order valence-electron chi connectivity index (χ4n) is 5.52. The minimum Gasteiger partial charge on any atom is -0.394 e. The fourth-order valence-corrected chi connectivity index (χ4v) is 5.52. The maximum absolute atomic E-state index is 12.4. The summed E-state index contributed by atoms with van der Waals surface area (Å²) in [5, 5.41) is 22.9. The van der Waals surface area contributed by atoms with Crippen molar-refractivity contribution in [1.82, 2.24) is 5.32 Å². The molecule has 0 aromatic carbocycles. The van der Waals surface area contributed by atoms with Gasteiger partial charge in [0.2, 0.25) is 5.91 Å². The van der Waals surface area contributed by atoms with Crippen molar-refractivity contribution < 1.29 is 15.0 Å². The van der Waals surface area contributed by atoms with Gasteiger partial charge in [0.1, 0.15) is 0 Å². The van der Waals surface area contributed by atoms with E-state index < -0.39 is 12.1 Å². The number of nitrogens with one attached hydrogen (secondary N) is 1. The Hall–Kier alpha value is -2.95. The van der Waals surface area contributed by atoms with Gasteiger partial charge in [-0.05, 0) is 89.9 Å². The SMILES string of the molecule is CC/C=C\C/C=C\C/C=C\C/C=C\C/C=C\C/C=C\C/C=C\CCCCCC(=O)NC(CO)C(O)/C=C/CC/C=C/CCCCCCCCCCC. The minimum atomic E-state index is -0.883. The van der Waals surface area contributed by atoms with Crippen LogP contribution in [-0.4, -0.2) is 34.9 Å². The Labute approximate surface area is 321 Å². The number of aliphatic hydroxyl groups is 2. The lowest BCUT2D eigenvalue weighted by Gasteiger charge is -2.19. The second-order valence-corrected chi connectivity index (χ2v) is 13.7. The molecule has 2 unspecified atom stereocenters. The van der Waals surface area contributed by atoms with E-state index in [2.05, 4.69) is 116 Å². The predicted octanol–water partition coefficient (Wildman–Crippen LogP) is 13.2. The first kappa shape index (κ1) is 49.0. The van der Waals surface area contributed by atoms with E-state index in [1.165, 1.54) is 57.8 Å². The van der Waals surface area contributed by atoms with Gasteiger partial charge >= 0.3 is 0 Å². The lowest BCUT2D eigenvalue weighted by Crippen LogP contribution is -2.45. The summed E-state index contributed by atoms with van der Waals surface area (Å²) in [5.74, 6) is -0.112. The van der Waals surface area contributed by atoms with E-state index in [-0.39, 0.29) is 12.5 Å². The molecule has 0 fully saturated rings. The molecule has 3 N–H and O–H groups in total. The van der Waals surface area contributed by atoms with Gasteiger partial charge in [-0.1, -0.05) is 181 Å². The van der Waals surface area contributed by atoms with Crippen LogP contribution in [0.5, 0.6) is 0 Å². The highest BCUT2D eigenvalue weighted by Crippen LogP contribution is 2.11. The van der Waals surface area contributed by atoms with E-state index in [4.69, 9.17) is 0 Å². The maximum Gasteiger partial charge on any atom is 0.220 e. The van der Waals surface area contributed by atoms with Crippen molar-refractivity contribution in [3.8, 4) is 0 Å². The fraction of sp³-hybridized carbons (Fsp3) is 0.604. The first-order chi connectivity index (χ1) is 25.7. The van der Waals surface area contributed by atoms with Gasteiger partial charge in [0.05, 0.1) is 18.8 Å². The molecule has 294 valence electrons. The molecule has 0 aliphatic carbocycles. The number of aliphatic hydroxyl groups excluding tert-OH is 2. The molecule has 0 aliphatic rings. The number of carbonyl (C=O) groups excluding carboxylic acids is 1. The molecule has 0 aromatic rings. The molecule has 0 aromatic heterocycles. The molecule has 0 rings (SSSR count). The molecule has 0 aliphatic heterocycles. The van der Waals surface area contributed by atoms with Gasteiger partial charge in [-0.3, -0.25) is 4.79 Å².